The van der Waals surface area contributed by atoms with E-state index in [-0.39, 0.29) is 12.5 Å². The molecule has 1 fully saturated rings. The van der Waals surface area contributed by atoms with Crippen LogP contribution in [-0.2, 0) is 16.6 Å². The third-order valence-electron chi connectivity index (χ3n) is 5.15. The van der Waals surface area contributed by atoms with E-state index in [9.17, 15) is 13.2 Å². The van der Waals surface area contributed by atoms with Crippen LogP contribution >= 0.6 is 0 Å². The van der Waals surface area contributed by atoms with E-state index in [0.717, 1.165) is 18.7 Å². The van der Waals surface area contributed by atoms with Gasteiger partial charge in [-0.05, 0) is 43.8 Å². The SMILES string of the molecule is CCOc1ccccc1N(Cc1ccc(C(=O)N2CCN(C)CC2)cc1)S(C)(=O)=O. The lowest BCUT2D eigenvalue weighted by molar-refractivity contribution is 0.0664. The van der Waals surface area contributed by atoms with Gasteiger partial charge in [0.15, 0.2) is 0 Å². The molecule has 0 saturated carbocycles. The third-order valence-corrected chi connectivity index (χ3v) is 6.28. The summed E-state index contributed by atoms with van der Waals surface area (Å²) in [6.45, 7) is 5.63. The molecule has 1 aliphatic heterocycles. The number of carbonyl (C=O) groups excluding carboxylic acids is 1. The van der Waals surface area contributed by atoms with Crippen molar-refractivity contribution in [3.63, 3.8) is 0 Å². The summed E-state index contributed by atoms with van der Waals surface area (Å²) in [4.78, 5) is 16.8. The molecular formula is C22H29N3O4S. The van der Waals surface area contributed by atoms with Crippen LogP contribution in [0, 0.1) is 0 Å². The highest BCUT2D eigenvalue weighted by Gasteiger charge is 2.23. The Kier molecular flexibility index (Phi) is 6.99. The maximum Gasteiger partial charge on any atom is 0.253 e. The number of carbonyl (C=O) groups is 1. The van der Waals surface area contributed by atoms with E-state index < -0.39 is 10.0 Å². The lowest BCUT2D eigenvalue weighted by atomic mass is 10.1. The number of ether oxygens (including phenoxy) is 1. The fourth-order valence-corrected chi connectivity index (χ4v) is 4.32. The second-order valence-electron chi connectivity index (χ2n) is 7.46. The number of rotatable bonds is 7. The third kappa shape index (κ3) is 5.31. The standard InChI is InChI=1S/C22H29N3O4S/c1-4-29-21-8-6-5-7-20(21)25(30(3,27)28)17-18-9-11-19(12-10-18)22(26)24-15-13-23(2)14-16-24/h5-12H,4,13-17H2,1-3H3. The van der Waals surface area contributed by atoms with Crippen molar-refractivity contribution in [2.75, 3.05) is 50.4 Å². The van der Waals surface area contributed by atoms with Crippen LogP contribution in [0.15, 0.2) is 48.5 Å². The van der Waals surface area contributed by atoms with Gasteiger partial charge >= 0.3 is 0 Å². The van der Waals surface area contributed by atoms with Crippen LogP contribution in [0.25, 0.3) is 0 Å². The lowest BCUT2D eigenvalue weighted by Crippen LogP contribution is -2.47. The topological polar surface area (TPSA) is 70.2 Å². The van der Waals surface area contributed by atoms with Gasteiger partial charge in [0, 0.05) is 31.7 Å². The number of hydrogen-bond donors (Lipinski definition) is 0. The smallest absolute Gasteiger partial charge is 0.253 e. The van der Waals surface area contributed by atoms with Crippen molar-refractivity contribution in [1.82, 2.24) is 9.80 Å². The molecule has 0 spiro atoms. The zero-order valence-electron chi connectivity index (χ0n) is 17.7. The molecule has 1 saturated heterocycles. The van der Waals surface area contributed by atoms with Crippen LogP contribution in [-0.4, -0.2) is 70.2 Å². The van der Waals surface area contributed by atoms with Crippen LogP contribution in [0.2, 0.25) is 0 Å². The monoisotopic (exact) mass is 431 g/mol. The average Bonchev–Trinajstić information content (AvgIpc) is 2.73. The van der Waals surface area contributed by atoms with Gasteiger partial charge in [-0.1, -0.05) is 24.3 Å². The van der Waals surface area contributed by atoms with Gasteiger partial charge in [0.25, 0.3) is 5.91 Å². The first kappa shape index (κ1) is 22.1. The Bertz CT molecular complexity index is 968. The molecule has 1 aliphatic rings. The Morgan fingerprint density at radius 1 is 1.03 bits per heavy atom. The van der Waals surface area contributed by atoms with Gasteiger partial charge < -0.3 is 14.5 Å². The normalized spacial score (nSPS) is 15.1. The second kappa shape index (κ2) is 9.49. The molecule has 0 N–H and O–H groups in total. The molecule has 7 nitrogen and oxygen atoms in total. The summed E-state index contributed by atoms with van der Waals surface area (Å²) >= 11 is 0. The van der Waals surface area contributed by atoms with Crippen molar-refractivity contribution < 1.29 is 17.9 Å². The summed E-state index contributed by atoms with van der Waals surface area (Å²) in [5, 5.41) is 0. The molecular weight excluding hydrogens is 402 g/mol. The summed E-state index contributed by atoms with van der Waals surface area (Å²) < 4.78 is 32.0. The van der Waals surface area contributed by atoms with E-state index in [1.807, 2.05) is 37.1 Å². The Labute approximate surface area is 178 Å². The van der Waals surface area contributed by atoms with Gasteiger partial charge in [0.1, 0.15) is 5.75 Å². The molecule has 0 unspecified atom stereocenters. The number of benzene rings is 2. The van der Waals surface area contributed by atoms with Gasteiger partial charge in [-0.15, -0.1) is 0 Å². The van der Waals surface area contributed by atoms with Crippen molar-refractivity contribution >= 4 is 21.6 Å². The molecule has 2 aromatic rings. The zero-order chi connectivity index (χ0) is 21.7. The van der Waals surface area contributed by atoms with E-state index in [1.54, 1.807) is 30.3 Å². The van der Waals surface area contributed by atoms with E-state index in [1.165, 1.54) is 10.6 Å². The van der Waals surface area contributed by atoms with E-state index in [0.29, 0.717) is 36.7 Å². The molecule has 0 atom stereocenters. The second-order valence-corrected chi connectivity index (χ2v) is 9.37. The maximum atomic E-state index is 12.7. The zero-order valence-corrected chi connectivity index (χ0v) is 18.6. The predicted octanol–water partition coefficient (Wildman–Crippen LogP) is 2.44. The van der Waals surface area contributed by atoms with Crippen molar-refractivity contribution in [3.8, 4) is 5.75 Å². The van der Waals surface area contributed by atoms with Crippen molar-refractivity contribution in [3.05, 3.63) is 59.7 Å². The molecule has 8 heteroatoms. The fourth-order valence-electron chi connectivity index (χ4n) is 3.43. The molecule has 0 aliphatic carbocycles. The van der Waals surface area contributed by atoms with Crippen molar-refractivity contribution in [1.29, 1.82) is 0 Å². The van der Waals surface area contributed by atoms with E-state index in [4.69, 9.17) is 4.74 Å². The highest BCUT2D eigenvalue weighted by atomic mass is 32.2. The van der Waals surface area contributed by atoms with Gasteiger partial charge in [-0.2, -0.15) is 0 Å². The number of amides is 1. The number of anilines is 1. The number of hydrogen-bond acceptors (Lipinski definition) is 5. The summed E-state index contributed by atoms with van der Waals surface area (Å²) in [6, 6.07) is 14.2. The molecule has 3 rings (SSSR count). The van der Waals surface area contributed by atoms with E-state index in [2.05, 4.69) is 4.90 Å². The molecule has 0 aromatic heterocycles. The van der Waals surface area contributed by atoms with Gasteiger partial charge in [0.05, 0.1) is 25.1 Å². The maximum absolute atomic E-state index is 12.7. The minimum Gasteiger partial charge on any atom is -0.492 e. The Balaban J connectivity index is 1.79. The van der Waals surface area contributed by atoms with E-state index >= 15 is 0 Å². The van der Waals surface area contributed by atoms with Crippen molar-refractivity contribution in [2.24, 2.45) is 0 Å². The highest BCUT2D eigenvalue weighted by molar-refractivity contribution is 7.92. The summed E-state index contributed by atoms with van der Waals surface area (Å²) in [5.74, 6) is 0.531. The van der Waals surface area contributed by atoms with Crippen LogP contribution in [0.5, 0.6) is 5.75 Å². The lowest BCUT2D eigenvalue weighted by Gasteiger charge is -2.32. The number of para-hydroxylation sites is 2. The molecule has 0 bridgehead atoms. The van der Waals surface area contributed by atoms with Gasteiger partial charge in [0.2, 0.25) is 10.0 Å². The first-order valence-electron chi connectivity index (χ1n) is 10.1. The van der Waals surface area contributed by atoms with Crippen molar-refractivity contribution in [2.45, 2.75) is 13.5 Å². The molecule has 162 valence electrons. The largest absolute Gasteiger partial charge is 0.492 e. The van der Waals surface area contributed by atoms with Crippen LogP contribution in [0.3, 0.4) is 0 Å². The number of nitrogens with zero attached hydrogens (tertiary/aromatic N) is 3. The van der Waals surface area contributed by atoms with Gasteiger partial charge in [-0.3, -0.25) is 9.10 Å². The Morgan fingerprint density at radius 3 is 2.27 bits per heavy atom. The fraction of sp³-hybridized carbons (Fsp3) is 0.409. The highest BCUT2D eigenvalue weighted by Crippen LogP contribution is 2.31. The van der Waals surface area contributed by atoms with Crippen LogP contribution < -0.4 is 9.04 Å². The summed E-state index contributed by atoms with van der Waals surface area (Å²) in [7, 11) is -1.48. The minimum atomic E-state index is -3.53. The molecule has 0 radical (unpaired) electrons. The Morgan fingerprint density at radius 2 is 1.67 bits per heavy atom. The molecule has 1 heterocycles. The van der Waals surface area contributed by atoms with Crippen LogP contribution in [0.4, 0.5) is 5.69 Å². The average molecular weight is 432 g/mol. The summed E-state index contributed by atoms with van der Waals surface area (Å²) in [5.41, 5.74) is 1.91. The molecule has 1 amide bonds. The minimum absolute atomic E-state index is 0.0105. The Hall–Kier alpha value is -2.58. The molecule has 2 aromatic carbocycles. The number of likely N-dealkylation sites (N-methyl/N-ethyl adjacent to an activating group) is 1. The first-order chi connectivity index (χ1) is 14.3. The first-order valence-corrected chi connectivity index (χ1v) is 11.9. The quantitative estimate of drug-likeness (QED) is 0.674. The number of sulfonamides is 1. The summed E-state index contributed by atoms with van der Waals surface area (Å²) in [6.07, 6.45) is 1.18. The number of piperazine rings is 1. The molecule has 30 heavy (non-hydrogen) atoms. The predicted molar refractivity (Wildman–Crippen MR) is 118 cm³/mol. The van der Waals surface area contributed by atoms with Crippen LogP contribution in [0.1, 0.15) is 22.8 Å². The van der Waals surface area contributed by atoms with Gasteiger partial charge in [-0.25, -0.2) is 8.42 Å².